The maximum Gasteiger partial charge on any atom is 0.235 e. The number of carbonyl (C=O) groups excluding carboxylic acids is 1. The maximum absolute atomic E-state index is 13.1. The van der Waals surface area contributed by atoms with E-state index in [4.69, 9.17) is 5.73 Å². The number of nitrogens with one attached hydrogen (secondary N) is 1. The van der Waals surface area contributed by atoms with Gasteiger partial charge < -0.3 is 11.1 Å². The molecule has 0 aliphatic heterocycles. The Morgan fingerprint density at radius 1 is 1.39 bits per heavy atom. The standard InChI is InChI=1S/C11H15FN2O3S/c1-7(2)14-11(15)6-18(16,17)10-4-8(12)3-9(13)5-10/h3-5,7H,6,13H2,1-2H3,(H,14,15). The molecule has 100 valence electrons. The van der Waals surface area contributed by atoms with Gasteiger partial charge in [0, 0.05) is 11.7 Å². The van der Waals surface area contributed by atoms with Crippen molar-refractivity contribution in [3.63, 3.8) is 0 Å². The summed E-state index contributed by atoms with van der Waals surface area (Å²) >= 11 is 0. The molecule has 3 N–H and O–H groups in total. The quantitative estimate of drug-likeness (QED) is 0.791. The highest BCUT2D eigenvalue weighted by molar-refractivity contribution is 7.92. The molecule has 7 heteroatoms. The van der Waals surface area contributed by atoms with Gasteiger partial charge in [-0.05, 0) is 32.0 Å². The molecule has 18 heavy (non-hydrogen) atoms. The molecule has 0 aliphatic carbocycles. The lowest BCUT2D eigenvalue weighted by Crippen LogP contribution is -2.35. The number of rotatable bonds is 4. The van der Waals surface area contributed by atoms with Crippen molar-refractivity contribution in [1.82, 2.24) is 5.32 Å². The van der Waals surface area contributed by atoms with Crippen molar-refractivity contribution in [2.75, 3.05) is 11.5 Å². The molecule has 0 fully saturated rings. The second-order valence-corrected chi connectivity index (χ2v) is 6.19. The Morgan fingerprint density at radius 2 is 2.00 bits per heavy atom. The van der Waals surface area contributed by atoms with Crippen LogP contribution in [-0.2, 0) is 14.6 Å². The summed E-state index contributed by atoms with van der Waals surface area (Å²) in [5, 5.41) is 2.45. The van der Waals surface area contributed by atoms with Gasteiger partial charge in [0.1, 0.15) is 11.6 Å². The van der Waals surface area contributed by atoms with E-state index in [0.717, 1.165) is 18.2 Å². The highest BCUT2D eigenvalue weighted by atomic mass is 32.2. The molecule has 5 nitrogen and oxygen atoms in total. The van der Waals surface area contributed by atoms with Crippen molar-refractivity contribution >= 4 is 21.4 Å². The van der Waals surface area contributed by atoms with E-state index >= 15 is 0 Å². The summed E-state index contributed by atoms with van der Waals surface area (Å²) in [4.78, 5) is 11.1. The van der Waals surface area contributed by atoms with Crippen molar-refractivity contribution in [2.24, 2.45) is 0 Å². The summed E-state index contributed by atoms with van der Waals surface area (Å²) < 4.78 is 36.8. The monoisotopic (exact) mass is 274 g/mol. The first-order valence-electron chi connectivity index (χ1n) is 5.29. The molecule has 0 aromatic heterocycles. The molecule has 0 radical (unpaired) electrons. The molecule has 0 heterocycles. The van der Waals surface area contributed by atoms with Crippen LogP contribution in [0.15, 0.2) is 23.1 Å². The zero-order valence-electron chi connectivity index (χ0n) is 10.1. The number of carbonyl (C=O) groups is 1. The van der Waals surface area contributed by atoms with Gasteiger partial charge in [-0.15, -0.1) is 0 Å². The fourth-order valence-electron chi connectivity index (χ4n) is 1.38. The molecule has 1 rings (SSSR count). The van der Waals surface area contributed by atoms with Crippen LogP contribution in [0.5, 0.6) is 0 Å². The van der Waals surface area contributed by atoms with Gasteiger partial charge in [-0.2, -0.15) is 0 Å². The Morgan fingerprint density at radius 3 is 2.50 bits per heavy atom. The number of hydrogen-bond donors (Lipinski definition) is 2. The smallest absolute Gasteiger partial charge is 0.235 e. The third kappa shape index (κ3) is 3.99. The highest BCUT2D eigenvalue weighted by Gasteiger charge is 2.20. The molecule has 1 amide bonds. The predicted molar refractivity (Wildman–Crippen MR) is 66.1 cm³/mol. The average Bonchev–Trinajstić information content (AvgIpc) is 2.13. The van der Waals surface area contributed by atoms with Crippen LogP contribution in [0.2, 0.25) is 0 Å². The number of hydrogen-bond acceptors (Lipinski definition) is 4. The molecule has 0 saturated carbocycles. The molecular formula is C11H15FN2O3S. The number of nitrogens with two attached hydrogens (primary N) is 1. The summed E-state index contributed by atoms with van der Waals surface area (Å²) in [6.45, 7) is 3.43. The number of sulfone groups is 1. The first-order valence-corrected chi connectivity index (χ1v) is 6.94. The minimum absolute atomic E-state index is 0.00200. The zero-order valence-corrected chi connectivity index (χ0v) is 10.9. The lowest BCUT2D eigenvalue weighted by Gasteiger charge is -2.09. The molecule has 0 unspecified atom stereocenters. The van der Waals surface area contributed by atoms with Crippen LogP contribution in [0.1, 0.15) is 13.8 Å². The van der Waals surface area contributed by atoms with Gasteiger partial charge in [-0.3, -0.25) is 4.79 Å². The Bertz CT molecular complexity index is 535. The lowest BCUT2D eigenvalue weighted by atomic mass is 10.3. The van der Waals surface area contributed by atoms with Gasteiger partial charge in [-0.1, -0.05) is 0 Å². The van der Waals surface area contributed by atoms with Crippen LogP contribution < -0.4 is 11.1 Å². The van der Waals surface area contributed by atoms with Crippen molar-refractivity contribution in [2.45, 2.75) is 24.8 Å². The molecule has 0 atom stereocenters. The van der Waals surface area contributed by atoms with Crippen molar-refractivity contribution in [3.05, 3.63) is 24.0 Å². The minimum atomic E-state index is -3.88. The lowest BCUT2D eigenvalue weighted by molar-refractivity contribution is -0.119. The number of amides is 1. The second kappa shape index (κ2) is 5.34. The molecule has 0 bridgehead atoms. The van der Waals surface area contributed by atoms with E-state index in [1.165, 1.54) is 0 Å². The SMILES string of the molecule is CC(C)NC(=O)CS(=O)(=O)c1cc(N)cc(F)c1. The number of benzene rings is 1. The van der Waals surface area contributed by atoms with Gasteiger partial charge in [0.2, 0.25) is 5.91 Å². The molecule has 0 saturated heterocycles. The molecule has 0 aliphatic rings. The summed E-state index contributed by atoms with van der Waals surface area (Å²) in [5.41, 5.74) is 5.36. The van der Waals surface area contributed by atoms with E-state index in [0.29, 0.717) is 0 Å². The minimum Gasteiger partial charge on any atom is -0.399 e. The first kappa shape index (κ1) is 14.4. The van der Waals surface area contributed by atoms with Crippen LogP contribution in [0.3, 0.4) is 0 Å². The number of nitrogen functional groups attached to an aromatic ring is 1. The normalized spacial score (nSPS) is 11.6. The van der Waals surface area contributed by atoms with Crippen LogP contribution in [-0.4, -0.2) is 26.1 Å². The maximum atomic E-state index is 13.1. The molecule has 0 spiro atoms. The van der Waals surface area contributed by atoms with Crippen LogP contribution >= 0.6 is 0 Å². The fourth-order valence-corrected chi connectivity index (χ4v) is 2.59. The zero-order chi connectivity index (χ0) is 13.9. The molecule has 1 aromatic carbocycles. The van der Waals surface area contributed by atoms with E-state index in [9.17, 15) is 17.6 Å². The highest BCUT2D eigenvalue weighted by Crippen LogP contribution is 2.17. The topological polar surface area (TPSA) is 89.3 Å². The third-order valence-corrected chi connectivity index (χ3v) is 3.62. The number of anilines is 1. The second-order valence-electron chi connectivity index (χ2n) is 4.20. The van der Waals surface area contributed by atoms with Gasteiger partial charge in [0.05, 0.1) is 4.90 Å². The van der Waals surface area contributed by atoms with Crippen molar-refractivity contribution in [3.8, 4) is 0 Å². The largest absolute Gasteiger partial charge is 0.399 e. The third-order valence-electron chi connectivity index (χ3n) is 2.02. The summed E-state index contributed by atoms with van der Waals surface area (Å²) in [6.07, 6.45) is 0. The van der Waals surface area contributed by atoms with Gasteiger partial charge in [-0.25, -0.2) is 12.8 Å². The summed E-state index contributed by atoms with van der Waals surface area (Å²) in [7, 11) is -3.88. The Labute approximate surface area is 105 Å². The molecular weight excluding hydrogens is 259 g/mol. The van der Waals surface area contributed by atoms with Crippen LogP contribution in [0, 0.1) is 5.82 Å². The van der Waals surface area contributed by atoms with Gasteiger partial charge >= 0.3 is 0 Å². The van der Waals surface area contributed by atoms with Crippen LogP contribution in [0.4, 0.5) is 10.1 Å². The van der Waals surface area contributed by atoms with E-state index in [1.807, 2.05) is 0 Å². The summed E-state index contributed by atoms with van der Waals surface area (Å²) in [6, 6.07) is 2.81. The van der Waals surface area contributed by atoms with Gasteiger partial charge in [0.15, 0.2) is 9.84 Å². The van der Waals surface area contributed by atoms with Gasteiger partial charge in [0.25, 0.3) is 0 Å². The van der Waals surface area contributed by atoms with E-state index in [-0.39, 0.29) is 16.6 Å². The molecule has 1 aromatic rings. The van der Waals surface area contributed by atoms with Crippen LogP contribution in [0.25, 0.3) is 0 Å². The Balaban J connectivity index is 2.96. The number of halogens is 1. The summed E-state index contributed by atoms with van der Waals surface area (Å²) in [5.74, 6) is -2.11. The van der Waals surface area contributed by atoms with E-state index in [2.05, 4.69) is 5.32 Å². The Kier molecular flexibility index (Phi) is 4.28. The first-order chi connectivity index (χ1) is 8.20. The van der Waals surface area contributed by atoms with Crippen molar-refractivity contribution in [1.29, 1.82) is 0 Å². The van der Waals surface area contributed by atoms with Crippen molar-refractivity contribution < 1.29 is 17.6 Å². The fraction of sp³-hybridized carbons (Fsp3) is 0.364. The van der Waals surface area contributed by atoms with E-state index < -0.39 is 27.3 Å². The predicted octanol–water partition coefficient (Wildman–Crippen LogP) is 0.706. The Hall–Kier alpha value is -1.63. The average molecular weight is 274 g/mol. The van der Waals surface area contributed by atoms with E-state index in [1.54, 1.807) is 13.8 Å².